The predicted octanol–water partition coefficient (Wildman–Crippen LogP) is 0.637. The Morgan fingerprint density at radius 2 is 2.00 bits per heavy atom. The van der Waals surface area contributed by atoms with Gasteiger partial charge in [0.1, 0.15) is 5.78 Å². The van der Waals surface area contributed by atoms with Gasteiger partial charge in [-0.3, -0.25) is 4.79 Å². The molecule has 0 unspecified atom stereocenters. The van der Waals surface area contributed by atoms with Gasteiger partial charge in [0.2, 0.25) is 10.0 Å². The van der Waals surface area contributed by atoms with Crippen LogP contribution < -0.4 is 0 Å². The number of Topliss-reactive ketones (excluding diaryl/α,β-unsaturated/α-hetero) is 1. The maximum absolute atomic E-state index is 11.5. The summed E-state index contributed by atoms with van der Waals surface area (Å²) < 4.78 is 24.3. The highest BCUT2D eigenvalue weighted by atomic mass is 32.2. The van der Waals surface area contributed by atoms with Gasteiger partial charge in [-0.25, -0.2) is 8.42 Å². The van der Waals surface area contributed by atoms with Crippen molar-refractivity contribution in [2.45, 2.75) is 26.7 Å². The number of hydrogen-bond acceptors (Lipinski definition) is 3. The van der Waals surface area contributed by atoms with Crippen LogP contribution in [0.1, 0.15) is 26.7 Å². The normalized spacial score (nSPS) is 22.5. The molecule has 5 heteroatoms. The third-order valence-corrected chi connectivity index (χ3v) is 4.33. The minimum absolute atomic E-state index is 0.00419. The zero-order valence-corrected chi connectivity index (χ0v) is 9.51. The van der Waals surface area contributed by atoms with Crippen LogP contribution in [0.4, 0.5) is 0 Å². The Hall–Kier alpha value is -0.420. The first-order valence-electron chi connectivity index (χ1n) is 4.94. The lowest BCUT2D eigenvalue weighted by Crippen LogP contribution is -2.41. The maximum atomic E-state index is 11.5. The first-order valence-corrected chi connectivity index (χ1v) is 6.55. The smallest absolute Gasteiger partial charge is 0.214 e. The molecular formula is C9H17NO3S. The minimum Gasteiger partial charge on any atom is -0.298 e. The van der Waals surface area contributed by atoms with Crippen LogP contribution in [0.3, 0.4) is 0 Å². The number of carbonyl (C=O) groups is 1. The van der Waals surface area contributed by atoms with Gasteiger partial charge in [-0.1, -0.05) is 13.8 Å². The van der Waals surface area contributed by atoms with E-state index in [4.69, 9.17) is 0 Å². The van der Waals surface area contributed by atoms with Gasteiger partial charge in [-0.15, -0.1) is 0 Å². The van der Waals surface area contributed by atoms with Crippen molar-refractivity contribution >= 4 is 15.8 Å². The molecular weight excluding hydrogens is 202 g/mol. The zero-order chi connectivity index (χ0) is 10.8. The van der Waals surface area contributed by atoms with Crippen LogP contribution in [0.2, 0.25) is 0 Å². The highest BCUT2D eigenvalue weighted by Crippen LogP contribution is 2.13. The highest BCUT2D eigenvalue weighted by molar-refractivity contribution is 7.89. The first-order chi connectivity index (χ1) is 6.43. The molecule has 1 saturated heterocycles. The molecule has 0 bridgehead atoms. The molecule has 0 atom stereocenters. The summed E-state index contributed by atoms with van der Waals surface area (Å²) >= 11 is 0. The van der Waals surface area contributed by atoms with Gasteiger partial charge >= 0.3 is 0 Å². The summed E-state index contributed by atoms with van der Waals surface area (Å²) in [5.41, 5.74) is 0. The Kier molecular flexibility index (Phi) is 3.66. The molecule has 1 fully saturated rings. The van der Waals surface area contributed by atoms with Gasteiger partial charge in [0.25, 0.3) is 0 Å². The average molecular weight is 219 g/mol. The van der Waals surface area contributed by atoms with E-state index < -0.39 is 10.0 Å². The SMILES string of the molecule is CC(C)C(=O)CN1CCCCS1(=O)=O. The fourth-order valence-corrected chi connectivity index (χ4v) is 2.93. The summed E-state index contributed by atoms with van der Waals surface area (Å²) in [6.07, 6.45) is 1.58. The molecule has 0 aromatic rings. The Bertz CT molecular complexity index is 308. The summed E-state index contributed by atoms with van der Waals surface area (Å²) in [5.74, 6) is 0.0980. The van der Waals surface area contributed by atoms with Crippen LogP contribution in [0.15, 0.2) is 0 Å². The second-order valence-electron chi connectivity index (χ2n) is 3.98. The average Bonchev–Trinajstić information content (AvgIpc) is 2.08. The second-order valence-corrected chi connectivity index (χ2v) is 6.07. The monoisotopic (exact) mass is 219 g/mol. The Morgan fingerprint density at radius 3 is 2.50 bits per heavy atom. The van der Waals surface area contributed by atoms with Crippen LogP contribution in [0.25, 0.3) is 0 Å². The molecule has 0 aromatic heterocycles. The standard InChI is InChI=1S/C9H17NO3S/c1-8(2)9(11)7-10-5-3-4-6-14(10,12)13/h8H,3-7H2,1-2H3. The van der Waals surface area contributed by atoms with E-state index in [1.165, 1.54) is 4.31 Å². The van der Waals surface area contributed by atoms with Crippen molar-refractivity contribution in [1.29, 1.82) is 0 Å². The van der Waals surface area contributed by atoms with E-state index in [1.54, 1.807) is 13.8 Å². The number of rotatable bonds is 3. The number of sulfonamides is 1. The molecule has 4 nitrogen and oxygen atoms in total. The topological polar surface area (TPSA) is 54.5 Å². The first kappa shape index (κ1) is 11.7. The zero-order valence-electron chi connectivity index (χ0n) is 8.69. The molecule has 0 saturated carbocycles. The Labute approximate surface area is 85.3 Å². The van der Waals surface area contributed by atoms with Crippen LogP contribution in [0.5, 0.6) is 0 Å². The highest BCUT2D eigenvalue weighted by Gasteiger charge is 2.27. The van der Waals surface area contributed by atoms with E-state index in [9.17, 15) is 13.2 Å². The van der Waals surface area contributed by atoms with E-state index >= 15 is 0 Å². The van der Waals surface area contributed by atoms with E-state index in [-0.39, 0.29) is 24.0 Å². The molecule has 0 aliphatic carbocycles. The molecule has 1 aliphatic rings. The van der Waals surface area contributed by atoms with Gasteiger partial charge in [-0.05, 0) is 12.8 Å². The summed E-state index contributed by atoms with van der Waals surface area (Å²) in [5, 5.41) is 0. The molecule has 1 rings (SSSR count). The lowest BCUT2D eigenvalue weighted by Gasteiger charge is -2.25. The van der Waals surface area contributed by atoms with Crippen molar-refractivity contribution in [1.82, 2.24) is 4.31 Å². The van der Waals surface area contributed by atoms with E-state index in [2.05, 4.69) is 0 Å². The molecule has 1 aliphatic heterocycles. The lowest BCUT2D eigenvalue weighted by atomic mass is 10.1. The fraction of sp³-hybridized carbons (Fsp3) is 0.889. The van der Waals surface area contributed by atoms with Crippen LogP contribution in [-0.2, 0) is 14.8 Å². The maximum Gasteiger partial charge on any atom is 0.214 e. The molecule has 0 N–H and O–H groups in total. The quantitative estimate of drug-likeness (QED) is 0.700. The fourth-order valence-electron chi connectivity index (χ4n) is 1.37. The number of ketones is 1. The van der Waals surface area contributed by atoms with Gasteiger partial charge in [0.15, 0.2) is 0 Å². The largest absolute Gasteiger partial charge is 0.298 e. The Balaban J connectivity index is 2.63. The van der Waals surface area contributed by atoms with Gasteiger partial charge < -0.3 is 0 Å². The van der Waals surface area contributed by atoms with Crippen molar-refractivity contribution in [3.63, 3.8) is 0 Å². The Morgan fingerprint density at radius 1 is 1.36 bits per heavy atom. The van der Waals surface area contributed by atoms with E-state index in [0.29, 0.717) is 13.0 Å². The van der Waals surface area contributed by atoms with Crippen molar-refractivity contribution in [3.8, 4) is 0 Å². The molecule has 0 aromatic carbocycles. The summed E-state index contributed by atoms with van der Waals surface area (Å²) in [4.78, 5) is 11.4. The second kappa shape index (κ2) is 4.40. The molecule has 0 spiro atoms. The summed E-state index contributed by atoms with van der Waals surface area (Å²) in [7, 11) is -3.14. The molecule has 14 heavy (non-hydrogen) atoms. The third kappa shape index (κ3) is 2.78. The summed E-state index contributed by atoms with van der Waals surface area (Å²) in [6, 6.07) is 0. The van der Waals surface area contributed by atoms with Crippen molar-refractivity contribution in [3.05, 3.63) is 0 Å². The van der Waals surface area contributed by atoms with Crippen molar-refractivity contribution < 1.29 is 13.2 Å². The molecule has 82 valence electrons. The number of hydrogen-bond donors (Lipinski definition) is 0. The van der Waals surface area contributed by atoms with Crippen LogP contribution in [-0.4, -0.2) is 37.3 Å². The van der Waals surface area contributed by atoms with Gasteiger partial charge in [-0.2, -0.15) is 4.31 Å². The van der Waals surface area contributed by atoms with Gasteiger partial charge in [0.05, 0.1) is 12.3 Å². The molecule has 0 amide bonds. The minimum atomic E-state index is -3.14. The lowest BCUT2D eigenvalue weighted by molar-refractivity contribution is -0.122. The van der Waals surface area contributed by atoms with Crippen molar-refractivity contribution in [2.24, 2.45) is 5.92 Å². The molecule has 0 radical (unpaired) electrons. The van der Waals surface area contributed by atoms with E-state index in [0.717, 1.165) is 6.42 Å². The predicted molar refractivity (Wildman–Crippen MR) is 54.4 cm³/mol. The van der Waals surface area contributed by atoms with Crippen LogP contribution in [0, 0.1) is 5.92 Å². The number of carbonyl (C=O) groups excluding carboxylic acids is 1. The number of nitrogens with zero attached hydrogens (tertiary/aromatic N) is 1. The van der Waals surface area contributed by atoms with Crippen molar-refractivity contribution in [2.75, 3.05) is 18.8 Å². The summed E-state index contributed by atoms with van der Waals surface area (Å²) in [6.45, 7) is 4.14. The van der Waals surface area contributed by atoms with E-state index in [1.807, 2.05) is 0 Å². The third-order valence-electron chi connectivity index (χ3n) is 2.43. The molecule has 1 heterocycles. The van der Waals surface area contributed by atoms with Crippen LogP contribution >= 0.6 is 0 Å². The van der Waals surface area contributed by atoms with Gasteiger partial charge in [0, 0.05) is 12.5 Å².